The minimum Gasteiger partial charge on any atom is -0.324 e. The van der Waals surface area contributed by atoms with E-state index in [-0.39, 0.29) is 6.04 Å². The van der Waals surface area contributed by atoms with Gasteiger partial charge in [0, 0.05) is 29.8 Å². The number of nitrogens with zero attached hydrogens (tertiary/aromatic N) is 2. The van der Waals surface area contributed by atoms with Crippen LogP contribution >= 0.6 is 0 Å². The monoisotopic (exact) mass is 255 g/mol. The Morgan fingerprint density at radius 3 is 2.74 bits per heavy atom. The van der Waals surface area contributed by atoms with Crippen molar-refractivity contribution in [3.05, 3.63) is 52.3 Å². The first-order chi connectivity index (χ1) is 9.08. The molecule has 1 heterocycles. The minimum absolute atomic E-state index is 0.0578. The quantitative estimate of drug-likeness (QED) is 0.916. The molecule has 0 saturated carbocycles. The Labute approximate surface area is 114 Å². The summed E-state index contributed by atoms with van der Waals surface area (Å²) in [7, 11) is 0. The largest absolute Gasteiger partial charge is 0.324 e. The maximum atomic E-state index is 6.03. The second-order valence-corrected chi connectivity index (χ2v) is 5.66. The van der Waals surface area contributed by atoms with E-state index in [2.05, 4.69) is 47.9 Å². The van der Waals surface area contributed by atoms with Gasteiger partial charge in [0.15, 0.2) is 0 Å². The molecule has 0 fully saturated rings. The molecule has 0 spiro atoms. The summed E-state index contributed by atoms with van der Waals surface area (Å²) in [4.78, 5) is 0. The van der Waals surface area contributed by atoms with Gasteiger partial charge in [0.2, 0.25) is 0 Å². The van der Waals surface area contributed by atoms with E-state index in [0.29, 0.717) is 5.92 Å². The fourth-order valence-corrected chi connectivity index (χ4v) is 3.28. The van der Waals surface area contributed by atoms with Crippen LogP contribution in [0.25, 0.3) is 0 Å². The van der Waals surface area contributed by atoms with Crippen LogP contribution < -0.4 is 5.73 Å². The molecule has 2 aromatic rings. The molecular weight excluding hydrogens is 234 g/mol. The van der Waals surface area contributed by atoms with Gasteiger partial charge >= 0.3 is 0 Å². The van der Waals surface area contributed by atoms with E-state index in [9.17, 15) is 0 Å². The average molecular weight is 255 g/mol. The van der Waals surface area contributed by atoms with Crippen molar-refractivity contribution >= 4 is 0 Å². The van der Waals surface area contributed by atoms with Gasteiger partial charge in [-0.05, 0) is 38.3 Å². The van der Waals surface area contributed by atoms with Crippen LogP contribution in [0, 0.1) is 13.8 Å². The van der Waals surface area contributed by atoms with Crippen LogP contribution in [0.5, 0.6) is 0 Å². The van der Waals surface area contributed by atoms with E-state index in [1.807, 2.05) is 6.92 Å². The van der Waals surface area contributed by atoms with Crippen molar-refractivity contribution in [1.82, 2.24) is 9.78 Å². The van der Waals surface area contributed by atoms with E-state index in [1.54, 1.807) is 0 Å². The SMILES string of the molecule is Cc1nn(CC2Cc3ccccc32)c(C)c1C(C)N. The van der Waals surface area contributed by atoms with E-state index >= 15 is 0 Å². The summed E-state index contributed by atoms with van der Waals surface area (Å²) < 4.78 is 2.13. The van der Waals surface area contributed by atoms with Crippen molar-refractivity contribution in [3.63, 3.8) is 0 Å². The van der Waals surface area contributed by atoms with E-state index in [1.165, 1.54) is 28.8 Å². The topological polar surface area (TPSA) is 43.8 Å². The second-order valence-electron chi connectivity index (χ2n) is 5.66. The third-order valence-electron chi connectivity index (χ3n) is 4.25. The number of rotatable bonds is 3. The Bertz CT molecular complexity index is 610. The minimum atomic E-state index is 0.0578. The molecule has 19 heavy (non-hydrogen) atoms. The first-order valence-electron chi connectivity index (χ1n) is 6.95. The molecule has 3 heteroatoms. The van der Waals surface area contributed by atoms with Crippen molar-refractivity contribution in [2.45, 2.75) is 45.7 Å². The Hall–Kier alpha value is -1.61. The molecule has 3 nitrogen and oxygen atoms in total. The van der Waals surface area contributed by atoms with Crippen LogP contribution in [0.2, 0.25) is 0 Å². The maximum Gasteiger partial charge on any atom is 0.0644 e. The van der Waals surface area contributed by atoms with Crippen LogP contribution in [0.3, 0.4) is 0 Å². The molecule has 0 aliphatic heterocycles. The molecule has 0 radical (unpaired) electrons. The average Bonchev–Trinajstić information content (AvgIpc) is 2.61. The normalized spacial score (nSPS) is 18.8. The van der Waals surface area contributed by atoms with Gasteiger partial charge in [0.05, 0.1) is 5.69 Å². The van der Waals surface area contributed by atoms with Crippen molar-refractivity contribution in [1.29, 1.82) is 0 Å². The Kier molecular flexibility index (Phi) is 2.94. The van der Waals surface area contributed by atoms with Gasteiger partial charge in [0.25, 0.3) is 0 Å². The smallest absolute Gasteiger partial charge is 0.0644 e. The highest BCUT2D eigenvalue weighted by Crippen LogP contribution is 2.36. The summed E-state index contributed by atoms with van der Waals surface area (Å²) in [5, 5.41) is 4.66. The fourth-order valence-electron chi connectivity index (χ4n) is 3.28. The van der Waals surface area contributed by atoms with Gasteiger partial charge in [-0.1, -0.05) is 24.3 Å². The number of aryl methyl sites for hydroxylation is 1. The Morgan fingerprint density at radius 1 is 1.37 bits per heavy atom. The highest BCUT2D eigenvalue weighted by molar-refractivity contribution is 5.40. The van der Waals surface area contributed by atoms with Crippen molar-refractivity contribution < 1.29 is 0 Å². The number of hydrogen-bond acceptors (Lipinski definition) is 2. The zero-order valence-electron chi connectivity index (χ0n) is 11.9. The summed E-state index contributed by atoms with van der Waals surface area (Å²) in [6.07, 6.45) is 1.17. The van der Waals surface area contributed by atoms with Gasteiger partial charge in [-0.3, -0.25) is 4.68 Å². The fraction of sp³-hybridized carbons (Fsp3) is 0.438. The summed E-state index contributed by atoms with van der Waals surface area (Å²) >= 11 is 0. The standard InChI is InChI=1S/C16H21N3/c1-10(17)16-11(2)18-19(12(16)3)9-14-8-13-6-4-5-7-15(13)14/h4-7,10,14H,8-9,17H2,1-3H3. The molecule has 2 N–H and O–H groups in total. The summed E-state index contributed by atoms with van der Waals surface area (Å²) in [6.45, 7) is 7.18. The first kappa shape index (κ1) is 12.4. The van der Waals surface area contributed by atoms with Crippen LogP contribution in [0.4, 0.5) is 0 Å². The molecular formula is C16H21N3. The van der Waals surface area contributed by atoms with Gasteiger partial charge < -0.3 is 5.73 Å². The van der Waals surface area contributed by atoms with Crippen LogP contribution in [-0.4, -0.2) is 9.78 Å². The molecule has 1 aliphatic rings. The zero-order chi connectivity index (χ0) is 13.6. The maximum absolute atomic E-state index is 6.03. The van der Waals surface area contributed by atoms with Crippen LogP contribution in [-0.2, 0) is 13.0 Å². The molecule has 0 amide bonds. The molecule has 1 aromatic carbocycles. The molecule has 0 bridgehead atoms. The number of nitrogens with two attached hydrogens (primary N) is 1. The molecule has 2 atom stereocenters. The predicted molar refractivity (Wildman–Crippen MR) is 77.2 cm³/mol. The molecule has 100 valence electrons. The molecule has 1 aliphatic carbocycles. The van der Waals surface area contributed by atoms with Gasteiger partial charge in [0.1, 0.15) is 0 Å². The second kappa shape index (κ2) is 4.49. The predicted octanol–water partition coefficient (Wildman–Crippen LogP) is 2.86. The van der Waals surface area contributed by atoms with Gasteiger partial charge in [-0.2, -0.15) is 5.10 Å². The van der Waals surface area contributed by atoms with Gasteiger partial charge in [-0.25, -0.2) is 0 Å². The highest BCUT2D eigenvalue weighted by Gasteiger charge is 2.27. The third kappa shape index (κ3) is 1.98. The summed E-state index contributed by atoms with van der Waals surface area (Å²) in [5.41, 5.74) is 12.5. The van der Waals surface area contributed by atoms with E-state index < -0.39 is 0 Å². The number of fused-ring (bicyclic) bond motifs is 1. The number of hydrogen-bond donors (Lipinski definition) is 1. The zero-order valence-corrected chi connectivity index (χ0v) is 11.9. The van der Waals surface area contributed by atoms with Crippen LogP contribution in [0.15, 0.2) is 24.3 Å². The lowest BCUT2D eigenvalue weighted by atomic mass is 9.77. The highest BCUT2D eigenvalue weighted by atomic mass is 15.3. The molecule has 2 unspecified atom stereocenters. The Morgan fingerprint density at radius 2 is 2.11 bits per heavy atom. The number of aromatic nitrogens is 2. The van der Waals surface area contributed by atoms with Crippen molar-refractivity contribution in [3.8, 4) is 0 Å². The molecule has 1 aromatic heterocycles. The Balaban J connectivity index is 1.85. The summed E-state index contributed by atoms with van der Waals surface area (Å²) in [6, 6.07) is 8.76. The lowest BCUT2D eigenvalue weighted by Crippen LogP contribution is -2.23. The number of benzene rings is 1. The lowest BCUT2D eigenvalue weighted by Gasteiger charge is -2.30. The first-order valence-corrected chi connectivity index (χ1v) is 6.95. The van der Waals surface area contributed by atoms with Crippen LogP contribution in [0.1, 0.15) is 47.0 Å². The third-order valence-corrected chi connectivity index (χ3v) is 4.25. The van der Waals surface area contributed by atoms with E-state index in [4.69, 9.17) is 5.73 Å². The molecule has 3 rings (SSSR count). The lowest BCUT2D eigenvalue weighted by molar-refractivity contribution is 0.465. The van der Waals surface area contributed by atoms with Gasteiger partial charge in [-0.15, -0.1) is 0 Å². The van der Waals surface area contributed by atoms with Crippen molar-refractivity contribution in [2.24, 2.45) is 5.73 Å². The summed E-state index contributed by atoms with van der Waals surface area (Å²) in [5.74, 6) is 0.607. The van der Waals surface area contributed by atoms with Crippen molar-refractivity contribution in [2.75, 3.05) is 0 Å². The molecule has 0 saturated heterocycles. The van der Waals surface area contributed by atoms with E-state index in [0.717, 1.165) is 12.2 Å².